The number of ether oxygens (including phenoxy) is 8. The number of hydroxylamine groups is 2. The molecule has 3 aromatic rings. The smallest absolute Gasteiger partial charge is 0.444 e. The monoisotopic (exact) mass is 1410 g/mol. The Morgan fingerprint density at radius 3 is 2.28 bits per heavy atom. The fraction of sp³-hybridized carbons (Fsp3) is 0.591. The van der Waals surface area contributed by atoms with E-state index in [1.807, 2.05) is 38.1 Å². The van der Waals surface area contributed by atoms with Crippen LogP contribution in [0.2, 0.25) is 5.02 Å². The zero-order valence-corrected chi connectivity index (χ0v) is 58.5. The number of esters is 1. The first kappa shape index (κ1) is 77.8. The van der Waals surface area contributed by atoms with Crippen LogP contribution in [0.1, 0.15) is 135 Å². The Balaban J connectivity index is 0.948. The second kappa shape index (κ2) is 32.2. The van der Waals surface area contributed by atoms with Gasteiger partial charge < -0.3 is 83.9 Å². The van der Waals surface area contributed by atoms with E-state index in [1.54, 1.807) is 75.4 Å². The minimum atomic E-state index is -2.06. The molecule has 99 heavy (non-hydrogen) atoms. The standard InChI is InChI=1S/C66H90ClN9O23/c1-34-17-15-18-36(3)66(90)30-45(94-60(87)70-66)37(4)54-65(12,97-54)46(29-48(78)74(14)43-28-40(25-34)26-35(2)49(43)67)95-57(85)38(5)73(13)47(77)19-16-23-75-32-41(71-72-75)31-69-59(86)91-33-39-20-21-44(93-58-52(81)50(79)51(80)53(96-58)56(83)84)42(27-39)55(82)68-22-24-92-76(61(88)98-63(6,7)8)62(89)99-64(9,10)11/h15,17-18,20-21,26-28,32,36-38,45-46,50-54,58,79-81,90H,16,19,22-25,29-31,33H2,1-14H3,(H,68,82)(H,69,86)(H,70,87)(H,83,84)/b18-15+,34-17+/t36-,37-,38?,45+,46+,50+,51+,52-,53+,54+,58-,65+,66+/m1/s1. The van der Waals surface area contributed by atoms with E-state index in [1.165, 1.54) is 52.8 Å². The molecule has 544 valence electrons. The number of aliphatic hydroxyl groups is 4. The van der Waals surface area contributed by atoms with Gasteiger partial charge in [0.25, 0.3) is 5.91 Å². The summed E-state index contributed by atoms with van der Waals surface area (Å²) in [5.74, 6) is -5.81. The van der Waals surface area contributed by atoms with Crippen LogP contribution in [0.4, 0.5) is 24.9 Å². The molecule has 0 radical (unpaired) electrons. The number of nitrogens with zero attached hydrogens (tertiary/aromatic N) is 6. The maximum Gasteiger partial charge on any atom is 0.444 e. The fourth-order valence-electron chi connectivity index (χ4n) is 11.0. The summed E-state index contributed by atoms with van der Waals surface area (Å²) in [5.41, 5.74) is -1.94. The number of fused-ring (bicyclic) bond motifs is 5. The van der Waals surface area contributed by atoms with Gasteiger partial charge in [0.15, 0.2) is 6.10 Å². The quantitative estimate of drug-likeness (QED) is 0.0256. The van der Waals surface area contributed by atoms with Crippen LogP contribution in [0.5, 0.6) is 5.75 Å². The van der Waals surface area contributed by atoms with Gasteiger partial charge in [0, 0.05) is 51.9 Å². The largest absolute Gasteiger partial charge is 0.479 e. The Morgan fingerprint density at radius 2 is 1.63 bits per heavy atom. The lowest BCUT2D eigenvalue weighted by molar-refractivity contribution is -0.271. The molecular weight excluding hydrogens is 1320 g/mol. The Morgan fingerprint density at radius 1 is 0.949 bits per heavy atom. The molecule has 33 heteroatoms. The summed E-state index contributed by atoms with van der Waals surface area (Å²) in [4.78, 5) is 128. The molecule has 4 aliphatic heterocycles. The van der Waals surface area contributed by atoms with E-state index in [4.69, 9.17) is 54.3 Å². The van der Waals surface area contributed by atoms with E-state index >= 15 is 0 Å². The van der Waals surface area contributed by atoms with Gasteiger partial charge in [-0.1, -0.05) is 71.7 Å². The zero-order chi connectivity index (χ0) is 73.4. The highest BCUT2D eigenvalue weighted by molar-refractivity contribution is 6.34. The number of anilines is 1. The number of carboxylic acids is 1. The van der Waals surface area contributed by atoms with Gasteiger partial charge in [0.2, 0.25) is 18.1 Å². The van der Waals surface area contributed by atoms with Gasteiger partial charge in [-0.05, 0) is 117 Å². The SMILES string of the molecule is C/C1=C\C=C\[C@@H](C)[C@@]2(O)C[C@H](OC(=O)N2)[C@@H](C)[C@@H]2O[C@@]2(C)[C@@H](OC(=O)C(C)N(C)C(=O)CCCn2cc(CNC(=O)OCc3ccc(O[C@@H]4O[C@H](C(=O)O)[C@@H](O)[C@H](O)[C@H]4O)c(C(=O)NCCON(C(=O)OC(C)(C)C)C(=O)OC(C)(C)C)c3)nn2)CC(=O)N(C)c2cc(cc(C)c2Cl)C1. The molecule has 4 bridgehead atoms. The topological polar surface area (TPSA) is 418 Å². The number of imide groups is 1. The van der Waals surface area contributed by atoms with Crippen molar-refractivity contribution in [3.63, 3.8) is 0 Å². The van der Waals surface area contributed by atoms with Crippen molar-refractivity contribution in [1.29, 1.82) is 0 Å². The summed E-state index contributed by atoms with van der Waals surface area (Å²) in [6.07, 6.45) is -9.79. The van der Waals surface area contributed by atoms with Gasteiger partial charge in [-0.3, -0.25) is 29.2 Å². The van der Waals surface area contributed by atoms with Gasteiger partial charge in [0.1, 0.15) is 77.1 Å². The molecule has 5 heterocycles. The molecule has 3 saturated heterocycles. The fourth-order valence-corrected chi connectivity index (χ4v) is 11.3. The number of aliphatic carboxylic acids is 1. The number of hydrogen-bond acceptors (Lipinski definition) is 24. The van der Waals surface area contributed by atoms with Crippen molar-refractivity contribution in [3.05, 3.63) is 93.3 Å². The summed E-state index contributed by atoms with van der Waals surface area (Å²) in [5, 5.41) is 69.2. The predicted molar refractivity (Wildman–Crippen MR) is 348 cm³/mol. The van der Waals surface area contributed by atoms with Crippen molar-refractivity contribution in [1.82, 2.24) is 40.9 Å². The van der Waals surface area contributed by atoms with Crippen LogP contribution in [0.3, 0.4) is 0 Å². The summed E-state index contributed by atoms with van der Waals surface area (Å²) in [7, 11) is 3.01. The van der Waals surface area contributed by atoms with Crippen molar-refractivity contribution >= 4 is 71.3 Å². The molecule has 1 unspecified atom stereocenters. The molecule has 7 rings (SSSR count). The van der Waals surface area contributed by atoms with Crippen LogP contribution in [0, 0.1) is 18.8 Å². The number of carboxylic acid groups (broad SMARTS) is 1. The minimum Gasteiger partial charge on any atom is -0.479 e. The third-order valence-electron chi connectivity index (χ3n) is 16.9. The van der Waals surface area contributed by atoms with Crippen LogP contribution >= 0.6 is 11.6 Å². The molecule has 2 aromatic carbocycles. The number of likely N-dealkylation sites (N-methyl/N-ethyl adjacent to an activating group) is 1. The third-order valence-corrected chi connectivity index (χ3v) is 17.4. The third kappa shape index (κ3) is 20.4. The Kier molecular flexibility index (Phi) is 25.3. The van der Waals surface area contributed by atoms with E-state index in [0.717, 1.165) is 16.7 Å². The van der Waals surface area contributed by atoms with Crippen LogP contribution < -0.4 is 25.6 Å². The van der Waals surface area contributed by atoms with E-state index < -0.39 is 157 Å². The number of allylic oxidation sites excluding steroid dienone is 3. The molecule has 13 atom stereocenters. The predicted octanol–water partition coefficient (Wildman–Crippen LogP) is 5.04. The molecule has 3 fully saturated rings. The lowest BCUT2D eigenvalue weighted by atomic mass is 9.82. The van der Waals surface area contributed by atoms with Crippen molar-refractivity contribution in [2.45, 2.75) is 212 Å². The minimum absolute atomic E-state index is 0.00854. The summed E-state index contributed by atoms with van der Waals surface area (Å²) >= 11 is 6.85. The molecular formula is C66H90ClN9O23. The highest BCUT2D eigenvalue weighted by Crippen LogP contribution is 2.49. The molecule has 0 aliphatic carbocycles. The second-order valence-electron chi connectivity index (χ2n) is 27.2. The number of rotatable bonds is 19. The average Bonchev–Trinajstić information content (AvgIpc) is 1.57. The number of amides is 7. The summed E-state index contributed by atoms with van der Waals surface area (Å²) in [6.45, 7) is 18.5. The Bertz CT molecular complexity index is 3530. The van der Waals surface area contributed by atoms with Gasteiger partial charge in [-0.25, -0.2) is 28.8 Å². The number of halogens is 1. The van der Waals surface area contributed by atoms with Gasteiger partial charge in [0.05, 0.1) is 48.1 Å². The summed E-state index contributed by atoms with van der Waals surface area (Å²) < 4.78 is 46.6. The van der Waals surface area contributed by atoms with Crippen molar-refractivity contribution < 1.29 is 111 Å². The number of aromatic nitrogens is 3. The number of epoxide rings is 1. The zero-order valence-electron chi connectivity index (χ0n) is 57.8. The first-order valence-corrected chi connectivity index (χ1v) is 32.5. The molecule has 32 nitrogen and oxygen atoms in total. The number of aryl methyl sites for hydroxylation is 2. The number of carbonyl (C=O) groups is 9. The van der Waals surface area contributed by atoms with E-state index in [0.29, 0.717) is 17.1 Å². The number of benzene rings is 2. The van der Waals surface area contributed by atoms with Crippen LogP contribution in [-0.2, 0) is 83.3 Å². The Labute approximate surface area is 577 Å². The molecule has 8 N–H and O–H groups in total. The van der Waals surface area contributed by atoms with E-state index in [-0.39, 0.29) is 73.0 Å². The van der Waals surface area contributed by atoms with Gasteiger partial charge >= 0.3 is 36.3 Å². The maximum absolute atomic E-state index is 14.4. The van der Waals surface area contributed by atoms with Crippen LogP contribution in [0.25, 0.3) is 0 Å². The van der Waals surface area contributed by atoms with Crippen molar-refractivity contribution in [2.75, 3.05) is 32.1 Å². The summed E-state index contributed by atoms with van der Waals surface area (Å²) in [6, 6.07) is 6.35. The average molecular weight is 1410 g/mol. The highest BCUT2D eigenvalue weighted by atomic mass is 35.5. The number of carbonyl (C=O) groups excluding carboxylic acids is 8. The molecule has 4 aliphatic rings. The molecule has 7 amide bonds. The number of aliphatic hydroxyl groups excluding tert-OH is 3. The molecule has 1 aromatic heterocycles. The van der Waals surface area contributed by atoms with Crippen LogP contribution in [0.15, 0.2) is 60.3 Å². The number of hydrogen-bond donors (Lipinski definition) is 8. The highest BCUT2D eigenvalue weighted by Gasteiger charge is 2.64. The van der Waals surface area contributed by atoms with Gasteiger partial charge in [-0.2, -0.15) is 0 Å². The van der Waals surface area contributed by atoms with E-state index in [2.05, 4.69) is 26.3 Å². The molecule has 0 saturated carbocycles. The van der Waals surface area contributed by atoms with Crippen molar-refractivity contribution in [2.24, 2.45) is 11.8 Å². The maximum atomic E-state index is 14.4. The number of nitrogens with one attached hydrogen (secondary N) is 3. The Hall–Kier alpha value is -8.50. The second-order valence-corrected chi connectivity index (χ2v) is 27.6. The van der Waals surface area contributed by atoms with Crippen molar-refractivity contribution in [3.8, 4) is 5.75 Å². The van der Waals surface area contributed by atoms with Crippen LogP contribution in [-0.4, -0.2) is 209 Å². The molecule has 0 spiro atoms. The normalized spacial score (nSPS) is 26.9. The van der Waals surface area contributed by atoms with E-state index in [9.17, 15) is 68.7 Å². The lowest BCUT2D eigenvalue weighted by Gasteiger charge is -2.41. The number of alkyl carbamates (subject to hydrolysis) is 2. The first-order chi connectivity index (χ1) is 46.2. The first-order valence-electron chi connectivity index (χ1n) is 32.1. The van der Waals surface area contributed by atoms with Gasteiger partial charge in [-0.15, -0.1) is 5.10 Å². The lowest BCUT2D eigenvalue weighted by Crippen LogP contribution is -2.61.